The molecule has 1 amide bonds. The number of nitrogens with one attached hydrogen (secondary N) is 1. The largest absolute Gasteiger partial charge is 0.345 e. The summed E-state index contributed by atoms with van der Waals surface area (Å²) < 4.78 is 26.9. The third kappa shape index (κ3) is 4.66. The molecule has 0 spiro atoms. The molecular formula is C23H23ClN2O3S. The molecule has 7 heteroatoms. The first-order chi connectivity index (χ1) is 14.2. The first-order valence-corrected chi connectivity index (χ1v) is 11.2. The van der Waals surface area contributed by atoms with Gasteiger partial charge in [-0.05, 0) is 49.7 Å². The van der Waals surface area contributed by atoms with E-state index in [4.69, 9.17) is 11.6 Å². The summed E-state index contributed by atoms with van der Waals surface area (Å²) in [6.45, 7) is 3.88. The van der Waals surface area contributed by atoms with E-state index in [1.807, 2.05) is 38.1 Å². The van der Waals surface area contributed by atoms with Crippen LogP contribution in [0.15, 0.2) is 77.7 Å². The van der Waals surface area contributed by atoms with Crippen LogP contribution >= 0.6 is 11.6 Å². The minimum absolute atomic E-state index is 0.168. The van der Waals surface area contributed by atoms with E-state index in [9.17, 15) is 13.2 Å². The fourth-order valence-electron chi connectivity index (χ4n) is 2.99. The van der Waals surface area contributed by atoms with Crippen LogP contribution in [0.1, 0.15) is 34.5 Å². The summed E-state index contributed by atoms with van der Waals surface area (Å²) in [5.74, 6) is -0.375. The van der Waals surface area contributed by atoms with Gasteiger partial charge in [0.05, 0.1) is 27.2 Å². The second kappa shape index (κ2) is 8.90. The normalized spacial score (nSPS) is 12.3. The maximum Gasteiger partial charge on any atom is 0.264 e. The van der Waals surface area contributed by atoms with Gasteiger partial charge in [-0.25, -0.2) is 8.42 Å². The number of carbonyl (C=O) groups is 1. The molecule has 156 valence electrons. The number of nitrogens with zero attached hydrogens (tertiary/aromatic N) is 1. The molecule has 0 bridgehead atoms. The van der Waals surface area contributed by atoms with E-state index < -0.39 is 10.0 Å². The molecule has 3 aromatic carbocycles. The molecule has 1 N–H and O–H groups in total. The van der Waals surface area contributed by atoms with Crippen molar-refractivity contribution < 1.29 is 13.2 Å². The van der Waals surface area contributed by atoms with Crippen LogP contribution in [-0.4, -0.2) is 21.4 Å². The molecule has 5 nitrogen and oxygen atoms in total. The van der Waals surface area contributed by atoms with Crippen LogP contribution in [0.3, 0.4) is 0 Å². The fraction of sp³-hybridized carbons (Fsp3) is 0.174. The van der Waals surface area contributed by atoms with Crippen LogP contribution in [0, 0.1) is 6.92 Å². The van der Waals surface area contributed by atoms with Gasteiger partial charge in [0.2, 0.25) is 0 Å². The fourth-order valence-corrected chi connectivity index (χ4v) is 4.40. The lowest BCUT2D eigenvalue weighted by Gasteiger charge is -2.21. The molecule has 0 aliphatic heterocycles. The Bertz CT molecular complexity index is 1150. The molecule has 1 atom stereocenters. The Kier molecular flexibility index (Phi) is 6.48. The van der Waals surface area contributed by atoms with Gasteiger partial charge in [0.25, 0.3) is 15.9 Å². The van der Waals surface area contributed by atoms with Gasteiger partial charge >= 0.3 is 0 Å². The van der Waals surface area contributed by atoms with Crippen molar-refractivity contribution in [3.63, 3.8) is 0 Å². The van der Waals surface area contributed by atoms with Gasteiger partial charge < -0.3 is 5.32 Å². The minimum atomic E-state index is -3.76. The number of rotatable bonds is 6. The zero-order chi connectivity index (χ0) is 21.9. The molecule has 3 rings (SSSR count). The topological polar surface area (TPSA) is 66.5 Å². The number of aryl methyl sites for hydroxylation is 1. The highest BCUT2D eigenvalue weighted by Gasteiger charge is 2.23. The summed E-state index contributed by atoms with van der Waals surface area (Å²) in [5, 5.41) is 3.17. The highest BCUT2D eigenvalue weighted by Crippen LogP contribution is 2.27. The van der Waals surface area contributed by atoms with Gasteiger partial charge in [0, 0.05) is 7.05 Å². The summed E-state index contributed by atoms with van der Waals surface area (Å²) in [6.07, 6.45) is 0. The average Bonchev–Trinajstić information content (AvgIpc) is 2.74. The number of sulfonamides is 1. The number of hydrogen-bond donors (Lipinski definition) is 1. The Hall–Kier alpha value is -2.83. The third-order valence-corrected chi connectivity index (χ3v) is 7.01. The summed E-state index contributed by atoms with van der Waals surface area (Å²) in [4.78, 5) is 13.0. The molecule has 0 saturated heterocycles. The van der Waals surface area contributed by atoms with Crippen molar-refractivity contribution in [1.29, 1.82) is 0 Å². The summed E-state index contributed by atoms with van der Waals surface area (Å²) >= 11 is 6.25. The van der Waals surface area contributed by atoms with Crippen molar-refractivity contribution >= 4 is 33.2 Å². The Morgan fingerprint density at radius 2 is 1.63 bits per heavy atom. The highest BCUT2D eigenvalue weighted by molar-refractivity contribution is 7.92. The molecule has 30 heavy (non-hydrogen) atoms. The van der Waals surface area contributed by atoms with Crippen LogP contribution in [0.4, 0.5) is 5.69 Å². The number of halogens is 1. The Labute approximate surface area is 182 Å². The lowest BCUT2D eigenvalue weighted by Crippen LogP contribution is -2.29. The number of amides is 1. The van der Waals surface area contributed by atoms with E-state index in [-0.39, 0.29) is 27.4 Å². The van der Waals surface area contributed by atoms with Gasteiger partial charge in [-0.3, -0.25) is 9.10 Å². The molecule has 0 aliphatic rings. The van der Waals surface area contributed by atoms with E-state index >= 15 is 0 Å². The quantitative estimate of drug-likeness (QED) is 0.586. The molecule has 0 aliphatic carbocycles. The van der Waals surface area contributed by atoms with Gasteiger partial charge in [0.15, 0.2) is 0 Å². The summed E-state index contributed by atoms with van der Waals surface area (Å²) in [7, 11) is -2.31. The number of hydrogen-bond acceptors (Lipinski definition) is 3. The Morgan fingerprint density at radius 3 is 2.27 bits per heavy atom. The Morgan fingerprint density at radius 1 is 1.00 bits per heavy atom. The second-order valence-corrected chi connectivity index (χ2v) is 9.43. The predicted octanol–water partition coefficient (Wildman–Crippen LogP) is 4.96. The zero-order valence-electron chi connectivity index (χ0n) is 17.0. The third-order valence-electron chi connectivity index (χ3n) is 4.88. The molecule has 0 radical (unpaired) electrons. The van der Waals surface area contributed by atoms with E-state index in [0.29, 0.717) is 5.69 Å². The molecule has 3 aromatic rings. The van der Waals surface area contributed by atoms with Crippen molar-refractivity contribution in [3.8, 4) is 0 Å². The molecule has 0 aromatic heterocycles. The highest BCUT2D eigenvalue weighted by atomic mass is 35.5. The maximum atomic E-state index is 12.9. The maximum absolute atomic E-state index is 12.9. The number of benzene rings is 3. The van der Waals surface area contributed by atoms with Gasteiger partial charge in [0.1, 0.15) is 0 Å². The van der Waals surface area contributed by atoms with Gasteiger partial charge in [-0.1, -0.05) is 59.6 Å². The molecule has 0 heterocycles. The summed E-state index contributed by atoms with van der Waals surface area (Å²) in [6, 6.07) is 20.4. The van der Waals surface area contributed by atoms with Crippen LogP contribution in [0.5, 0.6) is 0 Å². The zero-order valence-corrected chi connectivity index (χ0v) is 18.5. The molecular weight excluding hydrogens is 420 g/mol. The van der Waals surface area contributed by atoms with E-state index in [0.717, 1.165) is 15.4 Å². The van der Waals surface area contributed by atoms with E-state index in [1.54, 1.807) is 24.3 Å². The molecule has 0 fully saturated rings. The van der Waals surface area contributed by atoms with Crippen LogP contribution in [-0.2, 0) is 10.0 Å². The van der Waals surface area contributed by atoms with Gasteiger partial charge in [-0.15, -0.1) is 0 Å². The van der Waals surface area contributed by atoms with Crippen LogP contribution in [0.2, 0.25) is 5.02 Å². The van der Waals surface area contributed by atoms with E-state index in [1.165, 1.54) is 31.3 Å². The van der Waals surface area contributed by atoms with E-state index in [2.05, 4.69) is 5.32 Å². The second-order valence-electron chi connectivity index (χ2n) is 7.06. The van der Waals surface area contributed by atoms with Crippen molar-refractivity contribution in [1.82, 2.24) is 5.32 Å². The van der Waals surface area contributed by atoms with Crippen molar-refractivity contribution in [2.24, 2.45) is 0 Å². The van der Waals surface area contributed by atoms with Crippen molar-refractivity contribution in [2.45, 2.75) is 24.8 Å². The first kappa shape index (κ1) is 21.9. The SMILES string of the molecule is Cc1ccc([C@H](C)NC(=O)c2cc(N(C)S(=O)(=O)c3ccccc3)ccc2Cl)cc1. The lowest BCUT2D eigenvalue weighted by molar-refractivity contribution is 0.0940. The number of carbonyl (C=O) groups excluding carboxylic acids is 1. The molecule has 0 unspecified atom stereocenters. The first-order valence-electron chi connectivity index (χ1n) is 9.41. The lowest BCUT2D eigenvalue weighted by atomic mass is 10.1. The number of anilines is 1. The smallest absolute Gasteiger partial charge is 0.264 e. The minimum Gasteiger partial charge on any atom is -0.345 e. The monoisotopic (exact) mass is 442 g/mol. The molecule has 0 saturated carbocycles. The summed E-state index contributed by atoms with van der Waals surface area (Å²) in [5.41, 5.74) is 2.65. The average molecular weight is 443 g/mol. The Balaban J connectivity index is 1.86. The standard InChI is InChI=1S/C23H23ClN2O3S/c1-16-9-11-18(12-10-16)17(2)25-23(27)21-15-19(13-14-22(21)24)26(3)30(28,29)20-7-5-4-6-8-20/h4-15,17H,1-3H3,(H,25,27)/t17-/m0/s1. The van der Waals surface area contributed by atoms with Crippen LogP contribution < -0.4 is 9.62 Å². The van der Waals surface area contributed by atoms with Crippen molar-refractivity contribution in [2.75, 3.05) is 11.4 Å². The van der Waals surface area contributed by atoms with Crippen LogP contribution in [0.25, 0.3) is 0 Å². The van der Waals surface area contributed by atoms with Crippen molar-refractivity contribution in [3.05, 3.63) is 94.5 Å². The predicted molar refractivity (Wildman–Crippen MR) is 121 cm³/mol. The van der Waals surface area contributed by atoms with Gasteiger partial charge in [-0.2, -0.15) is 0 Å².